The highest BCUT2D eigenvalue weighted by atomic mass is 79.9. The van der Waals surface area contributed by atoms with E-state index in [1.165, 1.54) is 28.5 Å². The quantitative estimate of drug-likeness (QED) is 0.224. The number of hydrogen-bond acceptors (Lipinski definition) is 6. The highest BCUT2D eigenvalue weighted by Crippen LogP contribution is 2.70. The van der Waals surface area contributed by atoms with Crippen LogP contribution in [0.25, 0.3) is 0 Å². The van der Waals surface area contributed by atoms with Crippen LogP contribution in [0.1, 0.15) is 29.2 Å². The lowest BCUT2D eigenvalue weighted by molar-refractivity contribution is -0.134. The van der Waals surface area contributed by atoms with E-state index in [1.807, 2.05) is 48.3 Å². The molecule has 0 saturated carbocycles. The smallest absolute Gasteiger partial charge is 0.365 e. The van der Waals surface area contributed by atoms with Crippen LogP contribution < -0.4 is 5.01 Å². The number of carbonyl (C=O) groups excluding carboxylic acids is 1. The second-order valence-corrected chi connectivity index (χ2v) is 12.4. The summed E-state index contributed by atoms with van der Waals surface area (Å²) in [6.45, 7) is 2.11. The lowest BCUT2D eigenvalue weighted by Gasteiger charge is -2.37. The Labute approximate surface area is 233 Å². The molecule has 6 rings (SSSR count). The van der Waals surface area contributed by atoms with E-state index >= 15 is 0 Å². The lowest BCUT2D eigenvalue weighted by atomic mass is 9.82. The van der Waals surface area contributed by atoms with Crippen LogP contribution in [-0.4, -0.2) is 17.6 Å². The number of thioether (sulfide) groups is 2. The van der Waals surface area contributed by atoms with Gasteiger partial charge in [0, 0.05) is 10.0 Å². The zero-order valence-corrected chi connectivity index (χ0v) is 23.2. The summed E-state index contributed by atoms with van der Waals surface area (Å²) < 4.78 is 5.15. The van der Waals surface area contributed by atoms with Crippen molar-refractivity contribution in [1.82, 2.24) is 0 Å². The normalized spacial score (nSPS) is 19.5. The minimum atomic E-state index is -0.724. The first-order chi connectivity index (χ1) is 18.1. The van der Waals surface area contributed by atoms with Crippen molar-refractivity contribution < 1.29 is 9.53 Å². The third kappa shape index (κ3) is 3.92. The molecule has 37 heavy (non-hydrogen) atoms. The maximum atomic E-state index is 13.0. The molecule has 2 aliphatic heterocycles. The van der Waals surface area contributed by atoms with Gasteiger partial charge in [0.2, 0.25) is 5.04 Å². The molecule has 1 atom stereocenters. The fourth-order valence-corrected chi connectivity index (χ4v) is 8.82. The SMILES string of the molecule is CCOC(=O)C1=NN(c2ccc(Br)cc2)[C@@]2(S1)SC(c1ccccc1)(c1ccccc1)c1ccccc12. The van der Waals surface area contributed by atoms with Crippen molar-refractivity contribution in [1.29, 1.82) is 0 Å². The van der Waals surface area contributed by atoms with Gasteiger partial charge in [-0.2, -0.15) is 5.10 Å². The van der Waals surface area contributed by atoms with Gasteiger partial charge in [0.05, 0.1) is 17.0 Å². The van der Waals surface area contributed by atoms with Crippen LogP contribution in [0.4, 0.5) is 5.69 Å². The predicted molar refractivity (Wildman–Crippen MR) is 157 cm³/mol. The molecule has 0 bridgehead atoms. The molecule has 0 aromatic heterocycles. The Morgan fingerprint density at radius 3 is 2.00 bits per heavy atom. The Morgan fingerprint density at radius 1 is 0.838 bits per heavy atom. The molecule has 0 saturated heterocycles. The van der Waals surface area contributed by atoms with E-state index in [4.69, 9.17) is 9.84 Å². The van der Waals surface area contributed by atoms with Crippen LogP contribution in [0.5, 0.6) is 0 Å². The van der Waals surface area contributed by atoms with E-state index in [9.17, 15) is 4.79 Å². The third-order valence-electron chi connectivity index (χ3n) is 6.52. The van der Waals surface area contributed by atoms with E-state index in [1.54, 1.807) is 11.8 Å². The summed E-state index contributed by atoms with van der Waals surface area (Å²) in [6, 6.07) is 37.8. The summed E-state index contributed by atoms with van der Waals surface area (Å²) in [6.07, 6.45) is 0. The molecule has 0 unspecified atom stereocenters. The molecule has 4 nitrogen and oxygen atoms in total. The number of carbonyl (C=O) groups is 1. The van der Waals surface area contributed by atoms with Gasteiger partial charge in [0.1, 0.15) is 0 Å². The van der Waals surface area contributed by atoms with Gasteiger partial charge in [-0.15, -0.1) is 0 Å². The van der Waals surface area contributed by atoms with Crippen molar-refractivity contribution in [3.05, 3.63) is 136 Å². The summed E-state index contributed by atoms with van der Waals surface area (Å²) in [5, 5.41) is 7.24. The molecular formula is C30H23BrN2O2S2. The fourth-order valence-electron chi connectivity index (χ4n) is 4.99. The van der Waals surface area contributed by atoms with Gasteiger partial charge in [-0.05, 0) is 47.9 Å². The number of hydrogen-bond donors (Lipinski definition) is 0. The number of nitrogens with zero attached hydrogens (tertiary/aromatic N) is 2. The summed E-state index contributed by atoms with van der Waals surface area (Å²) in [7, 11) is 0. The Balaban J connectivity index is 1.62. The molecule has 2 heterocycles. The van der Waals surface area contributed by atoms with Crippen LogP contribution in [-0.2, 0) is 18.5 Å². The molecule has 4 aromatic carbocycles. The number of halogens is 1. The second kappa shape index (κ2) is 9.71. The number of ether oxygens (including phenoxy) is 1. The Kier molecular flexibility index (Phi) is 6.39. The van der Waals surface area contributed by atoms with Crippen molar-refractivity contribution in [2.75, 3.05) is 11.6 Å². The Hall–Kier alpha value is -3.00. The lowest BCUT2D eigenvalue weighted by Crippen LogP contribution is -2.34. The van der Waals surface area contributed by atoms with Crippen molar-refractivity contribution in [2.24, 2.45) is 5.10 Å². The summed E-state index contributed by atoms with van der Waals surface area (Å²) in [5.41, 5.74) is 5.55. The molecule has 0 aliphatic carbocycles. The standard InChI is InChI=1S/C30H23BrN2O2S2/c1-2-35-28(34)27-32-33(24-19-17-23(31)18-20-24)30(36-27)26-16-10-9-15-25(26)29(37-30,21-11-5-3-6-12-21)22-13-7-4-8-14-22/h3-20H,2H2,1H3/t30-/m0/s1. The predicted octanol–water partition coefficient (Wildman–Crippen LogP) is 7.73. The van der Waals surface area contributed by atoms with Crippen LogP contribution in [0.3, 0.4) is 0 Å². The van der Waals surface area contributed by atoms with E-state index in [0.717, 1.165) is 15.7 Å². The first-order valence-corrected chi connectivity index (χ1v) is 14.4. The van der Waals surface area contributed by atoms with E-state index in [0.29, 0.717) is 11.7 Å². The minimum absolute atomic E-state index is 0.297. The molecule has 184 valence electrons. The van der Waals surface area contributed by atoms with Crippen molar-refractivity contribution >= 4 is 56.2 Å². The van der Waals surface area contributed by atoms with Crippen molar-refractivity contribution in [3.8, 4) is 0 Å². The minimum Gasteiger partial charge on any atom is -0.461 e. The molecule has 0 radical (unpaired) electrons. The second-order valence-electron chi connectivity index (χ2n) is 8.66. The fraction of sp³-hybridized carbons (Fsp3) is 0.133. The number of fused-ring (bicyclic) bond motifs is 2. The Morgan fingerprint density at radius 2 is 1.41 bits per heavy atom. The maximum Gasteiger partial charge on any atom is 0.365 e. The van der Waals surface area contributed by atoms with Gasteiger partial charge in [0.25, 0.3) is 0 Å². The van der Waals surface area contributed by atoms with Gasteiger partial charge < -0.3 is 4.74 Å². The molecule has 7 heteroatoms. The molecule has 0 fully saturated rings. The van der Waals surface area contributed by atoms with Crippen LogP contribution >= 0.6 is 39.5 Å². The first-order valence-electron chi connectivity index (χ1n) is 12.0. The molecular weight excluding hydrogens is 564 g/mol. The molecule has 0 N–H and O–H groups in total. The van der Waals surface area contributed by atoms with E-state index in [2.05, 4.69) is 88.7 Å². The molecule has 2 aliphatic rings. The number of rotatable bonds is 5. The highest BCUT2D eigenvalue weighted by molar-refractivity contribution is 9.10. The highest BCUT2D eigenvalue weighted by Gasteiger charge is 2.61. The number of anilines is 1. The van der Waals surface area contributed by atoms with Crippen LogP contribution in [0.15, 0.2) is 119 Å². The molecule has 4 aromatic rings. The van der Waals surface area contributed by atoms with Gasteiger partial charge in [0.15, 0.2) is 4.20 Å². The monoisotopic (exact) mass is 586 g/mol. The summed E-state index contributed by atoms with van der Waals surface area (Å²) in [5.74, 6) is -0.401. The van der Waals surface area contributed by atoms with E-state index in [-0.39, 0.29) is 0 Å². The molecule has 1 spiro atoms. The van der Waals surface area contributed by atoms with Crippen LogP contribution in [0, 0.1) is 0 Å². The van der Waals surface area contributed by atoms with Crippen molar-refractivity contribution in [2.45, 2.75) is 15.9 Å². The Bertz CT molecular complexity index is 1440. The number of benzene rings is 4. The third-order valence-corrected chi connectivity index (χ3v) is 10.3. The topological polar surface area (TPSA) is 41.9 Å². The average molecular weight is 588 g/mol. The zero-order chi connectivity index (χ0) is 25.5. The first kappa shape index (κ1) is 24.3. The summed E-state index contributed by atoms with van der Waals surface area (Å²) >= 11 is 6.82. The summed E-state index contributed by atoms with van der Waals surface area (Å²) in [4.78, 5) is 13.0. The van der Waals surface area contributed by atoms with Gasteiger partial charge in [-0.3, -0.25) is 0 Å². The maximum absolute atomic E-state index is 13.0. The molecule has 0 amide bonds. The van der Waals surface area contributed by atoms with Gasteiger partial charge in [-0.25, -0.2) is 9.80 Å². The van der Waals surface area contributed by atoms with E-state index < -0.39 is 14.9 Å². The van der Waals surface area contributed by atoms with Crippen molar-refractivity contribution in [3.63, 3.8) is 0 Å². The largest absolute Gasteiger partial charge is 0.461 e. The number of hydrazone groups is 1. The van der Waals surface area contributed by atoms with Gasteiger partial charge >= 0.3 is 5.97 Å². The average Bonchev–Trinajstić information content (AvgIpc) is 3.48. The zero-order valence-electron chi connectivity index (χ0n) is 20.0. The van der Waals surface area contributed by atoms with Crippen LogP contribution in [0.2, 0.25) is 0 Å². The van der Waals surface area contributed by atoms with Gasteiger partial charge in [-0.1, -0.05) is 124 Å². The number of esters is 1.